The SMILES string of the molecule is COc1cc(/C=C2\SC(=S)N(NC(=O)c3ccc(C)cc3Cl)C2=O)ccc1OCC(=O)Nc1ccccc1C(C)C. The summed E-state index contributed by atoms with van der Waals surface area (Å²) in [5.41, 5.74) is 6.08. The predicted octanol–water partition coefficient (Wildman–Crippen LogP) is 6.34. The normalized spacial score (nSPS) is 14.0. The van der Waals surface area contributed by atoms with Crippen LogP contribution in [0.4, 0.5) is 5.69 Å². The van der Waals surface area contributed by atoms with Gasteiger partial charge in [0.15, 0.2) is 22.4 Å². The van der Waals surface area contributed by atoms with Crippen molar-refractivity contribution in [1.29, 1.82) is 0 Å². The van der Waals surface area contributed by atoms with Gasteiger partial charge in [0.05, 0.1) is 22.6 Å². The number of nitrogens with one attached hydrogen (secondary N) is 2. The number of nitrogens with zero attached hydrogens (tertiary/aromatic N) is 1. The van der Waals surface area contributed by atoms with E-state index in [9.17, 15) is 14.4 Å². The van der Waals surface area contributed by atoms with E-state index >= 15 is 0 Å². The molecule has 0 saturated carbocycles. The van der Waals surface area contributed by atoms with Gasteiger partial charge in [-0.1, -0.05) is 67.5 Å². The zero-order valence-corrected chi connectivity index (χ0v) is 25.2. The first-order valence-electron chi connectivity index (χ1n) is 12.6. The van der Waals surface area contributed by atoms with Gasteiger partial charge in [-0.2, -0.15) is 5.01 Å². The molecule has 0 radical (unpaired) electrons. The van der Waals surface area contributed by atoms with Crippen LogP contribution in [0.1, 0.15) is 46.8 Å². The zero-order chi connectivity index (χ0) is 29.7. The molecule has 1 fully saturated rings. The molecule has 0 spiro atoms. The number of hydrogen-bond acceptors (Lipinski definition) is 7. The summed E-state index contributed by atoms with van der Waals surface area (Å²) in [5, 5.41) is 4.19. The van der Waals surface area contributed by atoms with Crippen LogP contribution in [0, 0.1) is 6.92 Å². The fourth-order valence-electron chi connectivity index (χ4n) is 4.02. The molecule has 0 aliphatic carbocycles. The molecule has 0 atom stereocenters. The van der Waals surface area contributed by atoms with Gasteiger partial charge >= 0.3 is 0 Å². The van der Waals surface area contributed by atoms with Gasteiger partial charge in [0, 0.05) is 5.69 Å². The lowest BCUT2D eigenvalue weighted by Gasteiger charge is -2.16. The van der Waals surface area contributed by atoms with Gasteiger partial charge in [-0.25, -0.2) is 0 Å². The second-order valence-corrected chi connectivity index (χ2v) is 11.5. The third-order valence-electron chi connectivity index (χ3n) is 6.08. The summed E-state index contributed by atoms with van der Waals surface area (Å²) in [6.07, 6.45) is 1.63. The third-order valence-corrected chi connectivity index (χ3v) is 7.69. The first kappa shape index (κ1) is 30.1. The fraction of sp³-hybridized carbons (Fsp3) is 0.200. The van der Waals surface area contributed by atoms with Crippen molar-refractivity contribution in [3.05, 3.63) is 92.8 Å². The van der Waals surface area contributed by atoms with E-state index < -0.39 is 11.8 Å². The molecule has 212 valence electrons. The maximum Gasteiger partial charge on any atom is 0.285 e. The van der Waals surface area contributed by atoms with E-state index in [-0.39, 0.29) is 33.3 Å². The number of anilines is 1. The summed E-state index contributed by atoms with van der Waals surface area (Å²) >= 11 is 12.6. The van der Waals surface area contributed by atoms with Crippen LogP contribution in [0.2, 0.25) is 5.02 Å². The minimum atomic E-state index is -0.549. The van der Waals surface area contributed by atoms with Gasteiger partial charge in [-0.15, -0.1) is 0 Å². The topological polar surface area (TPSA) is 97.0 Å². The average Bonchev–Trinajstić information content (AvgIpc) is 3.19. The minimum Gasteiger partial charge on any atom is -0.493 e. The number of ether oxygens (including phenoxy) is 2. The number of benzene rings is 3. The number of thioether (sulfide) groups is 1. The highest BCUT2D eigenvalue weighted by Crippen LogP contribution is 2.34. The number of halogens is 1. The molecular formula is C30H28ClN3O5S2. The quantitative estimate of drug-likeness (QED) is 0.216. The standard InChI is InChI=1S/C30H28ClN3O5S2/c1-17(2)20-7-5-6-8-23(20)32-27(35)16-39-24-12-10-19(14-25(24)38-4)15-26-29(37)34(30(40)41-26)33-28(36)21-11-9-18(3)13-22(21)31/h5-15,17H,16H2,1-4H3,(H,32,35)(H,33,36)/b26-15-. The second-order valence-electron chi connectivity index (χ2n) is 9.43. The Bertz CT molecular complexity index is 1560. The molecule has 1 saturated heterocycles. The Morgan fingerprint density at radius 3 is 2.56 bits per heavy atom. The summed E-state index contributed by atoms with van der Waals surface area (Å²) in [5.74, 6) is -0.328. The van der Waals surface area contributed by atoms with E-state index in [0.29, 0.717) is 22.0 Å². The summed E-state index contributed by atoms with van der Waals surface area (Å²) in [6, 6.07) is 17.7. The van der Waals surface area contributed by atoms with Crippen molar-refractivity contribution in [2.75, 3.05) is 19.0 Å². The van der Waals surface area contributed by atoms with E-state index in [1.807, 2.05) is 31.2 Å². The molecule has 3 aromatic rings. The number of carbonyl (C=O) groups is 3. The van der Waals surface area contributed by atoms with E-state index in [1.54, 1.807) is 42.5 Å². The first-order chi connectivity index (χ1) is 19.6. The van der Waals surface area contributed by atoms with Crippen molar-refractivity contribution in [1.82, 2.24) is 10.4 Å². The summed E-state index contributed by atoms with van der Waals surface area (Å²) < 4.78 is 11.4. The summed E-state index contributed by atoms with van der Waals surface area (Å²) in [6.45, 7) is 5.76. The Morgan fingerprint density at radius 2 is 1.85 bits per heavy atom. The molecular weight excluding hydrogens is 582 g/mol. The Hall–Kier alpha value is -3.86. The summed E-state index contributed by atoms with van der Waals surface area (Å²) in [4.78, 5) is 38.7. The van der Waals surface area contributed by atoms with E-state index in [0.717, 1.165) is 33.6 Å². The largest absolute Gasteiger partial charge is 0.493 e. The van der Waals surface area contributed by atoms with Gasteiger partial charge in [0.1, 0.15) is 0 Å². The van der Waals surface area contributed by atoms with Gasteiger partial charge in [-0.3, -0.25) is 19.8 Å². The van der Waals surface area contributed by atoms with Crippen LogP contribution in [0.5, 0.6) is 11.5 Å². The van der Waals surface area contributed by atoms with Gasteiger partial charge < -0.3 is 14.8 Å². The van der Waals surface area contributed by atoms with Crippen LogP contribution < -0.4 is 20.2 Å². The minimum absolute atomic E-state index is 0.176. The smallest absolute Gasteiger partial charge is 0.285 e. The number of hydrogen-bond donors (Lipinski definition) is 2. The molecule has 41 heavy (non-hydrogen) atoms. The van der Waals surface area contributed by atoms with Crippen LogP contribution >= 0.6 is 35.6 Å². The fourth-order valence-corrected chi connectivity index (χ4v) is 5.52. The number of hydrazine groups is 1. The zero-order valence-electron chi connectivity index (χ0n) is 22.8. The van der Waals surface area contributed by atoms with Crippen LogP contribution in [-0.4, -0.2) is 40.8 Å². The number of thiocarbonyl (C=S) groups is 1. The number of aryl methyl sites for hydroxylation is 1. The molecule has 2 N–H and O–H groups in total. The lowest BCUT2D eigenvalue weighted by molar-refractivity contribution is -0.123. The molecule has 1 heterocycles. The molecule has 1 aliphatic rings. The number of carbonyl (C=O) groups excluding carboxylic acids is 3. The van der Waals surface area contributed by atoms with Crippen molar-refractivity contribution in [3.8, 4) is 11.5 Å². The monoisotopic (exact) mass is 609 g/mol. The van der Waals surface area contributed by atoms with Crippen molar-refractivity contribution >= 4 is 69.4 Å². The Morgan fingerprint density at radius 1 is 1.10 bits per heavy atom. The van der Waals surface area contributed by atoms with Crippen molar-refractivity contribution in [3.63, 3.8) is 0 Å². The Labute approximate surface area is 253 Å². The predicted molar refractivity (Wildman–Crippen MR) is 166 cm³/mol. The molecule has 3 amide bonds. The number of methoxy groups -OCH3 is 1. The van der Waals surface area contributed by atoms with Crippen LogP contribution in [0.25, 0.3) is 6.08 Å². The van der Waals surface area contributed by atoms with E-state index in [2.05, 4.69) is 24.6 Å². The van der Waals surface area contributed by atoms with Crippen molar-refractivity contribution in [2.24, 2.45) is 0 Å². The van der Waals surface area contributed by atoms with Crippen LogP contribution in [0.3, 0.4) is 0 Å². The summed E-state index contributed by atoms with van der Waals surface area (Å²) in [7, 11) is 1.48. The molecule has 8 nitrogen and oxygen atoms in total. The Kier molecular flexibility index (Phi) is 9.69. The molecule has 11 heteroatoms. The van der Waals surface area contributed by atoms with Crippen LogP contribution in [-0.2, 0) is 9.59 Å². The average molecular weight is 610 g/mol. The second kappa shape index (κ2) is 13.2. The maximum atomic E-state index is 13.0. The molecule has 3 aromatic carbocycles. The van der Waals surface area contributed by atoms with Gasteiger partial charge in [0.25, 0.3) is 17.7 Å². The Balaban J connectivity index is 1.42. The molecule has 1 aliphatic heterocycles. The number of amides is 3. The highest BCUT2D eigenvalue weighted by atomic mass is 35.5. The highest BCUT2D eigenvalue weighted by Gasteiger charge is 2.34. The molecule has 0 bridgehead atoms. The molecule has 4 rings (SSSR count). The van der Waals surface area contributed by atoms with Gasteiger partial charge in [-0.05, 0) is 78.2 Å². The first-order valence-corrected chi connectivity index (χ1v) is 14.2. The lowest BCUT2D eigenvalue weighted by Crippen LogP contribution is -2.44. The van der Waals surface area contributed by atoms with Crippen molar-refractivity contribution in [2.45, 2.75) is 26.7 Å². The molecule has 0 unspecified atom stereocenters. The van der Waals surface area contributed by atoms with Gasteiger partial charge in [0.2, 0.25) is 0 Å². The maximum absolute atomic E-state index is 13.0. The third kappa shape index (κ3) is 7.27. The van der Waals surface area contributed by atoms with Crippen LogP contribution in [0.15, 0.2) is 65.6 Å². The number of rotatable bonds is 9. The number of para-hydroxylation sites is 1. The van der Waals surface area contributed by atoms with Crippen molar-refractivity contribution < 1.29 is 23.9 Å². The van der Waals surface area contributed by atoms with E-state index in [4.69, 9.17) is 33.3 Å². The van der Waals surface area contributed by atoms with E-state index in [1.165, 1.54) is 7.11 Å². The lowest BCUT2D eigenvalue weighted by atomic mass is 10.0. The highest BCUT2D eigenvalue weighted by molar-refractivity contribution is 8.26. The molecule has 0 aromatic heterocycles.